The third-order valence-electron chi connectivity index (χ3n) is 5.12. The lowest BCUT2D eigenvalue weighted by Crippen LogP contribution is -2.40. The van der Waals surface area contributed by atoms with Crippen molar-refractivity contribution in [2.24, 2.45) is 0 Å². The van der Waals surface area contributed by atoms with E-state index in [2.05, 4.69) is 15.2 Å². The van der Waals surface area contributed by atoms with Crippen LogP contribution in [0.5, 0.6) is 5.75 Å². The molecule has 0 aliphatic carbocycles. The van der Waals surface area contributed by atoms with Crippen molar-refractivity contribution < 1.29 is 9.13 Å². The number of rotatable bonds is 9. The summed E-state index contributed by atoms with van der Waals surface area (Å²) >= 11 is 5.65. The highest BCUT2D eigenvalue weighted by molar-refractivity contribution is 7.80. The largest absolute Gasteiger partial charge is 0.497 e. The van der Waals surface area contributed by atoms with E-state index in [1.165, 1.54) is 12.1 Å². The van der Waals surface area contributed by atoms with Crippen LogP contribution in [-0.4, -0.2) is 54.2 Å². The summed E-state index contributed by atoms with van der Waals surface area (Å²) in [6.45, 7) is 2.46. The number of thiocarbonyl (C=S) groups is 1. The molecule has 0 aliphatic rings. The van der Waals surface area contributed by atoms with Gasteiger partial charge in [0.2, 0.25) is 0 Å². The molecule has 32 heavy (non-hydrogen) atoms. The normalized spacial score (nSPS) is 11.0. The van der Waals surface area contributed by atoms with Gasteiger partial charge in [-0.3, -0.25) is 4.79 Å². The molecule has 3 aromatic rings. The molecule has 0 radical (unpaired) electrons. The molecule has 8 heteroatoms. The van der Waals surface area contributed by atoms with E-state index in [0.717, 1.165) is 30.5 Å². The van der Waals surface area contributed by atoms with Gasteiger partial charge in [0.25, 0.3) is 5.56 Å². The summed E-state index contributed by atoms with van der Waals surface area (Å²) in [5.41, 5.74) is 2.05. The molecule has 6 nitrogen and oxygen atoms in total. The maximum Gasteiger partial charge on any atom is 0.253 e. The van der Waals surface area contributed by atoms with Gasteiger partial charge in [-0.25, -0.2) is 4.39 Å². The van der Waals surface area contributed by atoms with Gasteiger partial charge in [0.15, 0.2) is 5.11 Å². The molecule has 0 spiro atoms. The molecule has 0 atom stereocenters. The van der Waals surface area contributed by atoms with Crippen molar-refractivity contribution in [2.45, 2.75) is 19.5 Å². The summed E-state index contributed by atoms with van der Waals surface area (Å²) in [7, 11) is 5.65. The van der Waals surface area contributed by atoms with Crippen molar-refractivity contribution in [1.29, 1.82) is 0 Å². The molecule has 0 amide bonds. The molecule has 2 aromatic carbocycles. The fourth-order valence-electron chi connectivity index (χ4n) is 3.39. The van der Waals surface area contributed by atoms with Crippen molar-refractivity contribution in [2.75, 3.05) is 34.3 Å². The number of H-pyrrole nitrogens is 1. The Hall–Kier alpha value is -2.97. The average Bonchev–Trinajstić information content (AvgIpc) is 2.77. The molecule has 2 N–H and O–H groups in total. The molecule has 0 saturated heterocycles. The molecular weight excluding hydrogens is 427 g/mol. The van der Waals surface area contributed by atoms with Crippen LogP contribution < -0.4 is 15.6 Å². The molecule has 0 unspecified atom stereocenters. The van der Waals surface area contributed by atoms with Crippen LogP contribution in [0.15, 0.2) is 53.3 Å². The number of fused-ring (bicyclic) bond motifs is 1. The van der Waals surface area contributed by atoms with E-state index in [0.29, 0.717) is 35.0 Å². The van der Waals surface area contributed by atoms with Gasteiger partial charge in [0.05, 0.1) is 19.2 Å². The Morgan fingerprint density at radius 2 is 1.88 bits per heavy atom. The smallest absolute Gasteiger partial charge is 0.253 e. The highest BCUT2D eigenvalue weighted by atomic mass is 32.1. The number of benzene rings is 2. The minimum atomic E-state index is -0.286. The third-order valence-corrected chi connectivity index (χ3v) is 5.53. The summed E-state index contributed by atoms with van der Waals surface area (Å²) < 4.78 is 18.6. The molecule has 1 heterocycles. The number of hydrogen-bond acceptors (Lipinski definition) is 4. The highest BCUT2D eigenvalue weighted by Crippen LogP contribution is 2.19. The summed E-state index contributed by atoms with van der Waals surface area (Å²) in [5.74, 6) is 0.396. The number of pyridine rings is 1. The summed E-state index contributed by atoms with van der Waals surface area (Å²) in [4.78, 5) is 19.8. The van der Waals surface area contributed by atoms with Crippen LogP contribution >= 0.6 is 12.2 Å². The second-order valence-electron chi connectivity index (χ2n) is 7.95. The fraction of sp³-hybridized carbons (Fsp3) is 0.333. The number of ether oxygens (including phenoxy) is 1. The zero-order valence-corrected chi connectivity index (χ0v) is 19.5. The third kappa shape index (κ3) is 6.51. The molecule has 3 rings (SSSR count). The average molecular weight is 457 g/mol. The van der Waals surface area contributed by atoms with Crippen LogP contribution in [0.25, 0.3) is 10.9 Å². The van der Waals surface area contributed by atoms with Crippen molar-refractivity contribution in [3.8, 4) is 5.75 Å². The SMILES string of the molecule is COc1ccc2cc(CN(Cc3ccc(F)cc3)C(=S)NCCCN(C)C)c(=O)[nH]c2c1. The number of nitrogens with zero attached hydrogens (tertiary/aromatic N) is 2. The first-order valence-electron chi connectivity index (χ1n) is 10.5. The van der Waals surface area contributed by atoms with Gasteiger partial charge in [-0.15, -0.1) is 0 Å². The Morgan fingerprint density at radius 3 is 2.56 bits per heavy atom. The Labute approximate surface area is 193 Å². The van der Waals surface area contributed by atoms with E-state index < -0.39 is 0 Å². The van der Waals surface area contributed by atoms with Crippen molar-refractivity contribution in [3.63, 3.8) is 0 Å². The molecule has 0 saturated carbocycles. The van der Waals surface area contributed by atoms with Gasteiger partial charge in [0, 0.05) is 24.7 Å². The van der Waals surface area contributed by atoms with E-state index in [1.54, 1.807) is 25.3 Å². The van der Waals surface area contributed by atoms with Crippen molar-refractivity contribution >= 4 is 28.2 Å². The zero-order valence-electron chi connectivity index (χ0n) is 18.7. The van der Waals surface area contributed by atoms with Crippen LogP contribution in [0.1, 0.15) is 17.5 Å². The quantitative estimate of drug-likeness (QED) is 0.380. The van der Waals surface area contributed by atoms with Crippen LogP contribution in [0.2, 0.25) is 0 Å². The van der Waals surface area contributed by atoms with Crippen LogP contribution in [0.3, 0.4) is 0 Å². The van der Waals surface area contributed by atoms with E-state index in [9.17, 15) is 9.18 Å². The maximum absolute atomic E-state index is 13.3. The lowest BCUT2D eigenvalue weighted by atomic mass is 10.1. The first-order chi connectivity index (χ1) is 15.4. The Balaban J connectivity index is 1.82. The number of halogens is 1. The molecular formula is C24H29FN4O2S. The lowest BCUT2D eigenvalue weighted by Gasteiger charge is -2.26. The van der Waals surface area contributed by atoms with Gasteiger partial charge in [-0.05, 0) is 80.6 Å². The molecule has 0 aliphatic heterocycles. The lowest BCUT2D eigenvalue weighted by molar-refractivity contribution is 0.383. The van der Waals surface area contributed by atoms with Gasteiger partial charge in [0.1, 0.15) is 11.6 Å². The van der Waals surface area contributed by atoms with E-state index in [-0.39, 0.29) is 11.4 Å². The van der Waals surface area contributed by atoms with Gasteiger partial charge in [-0.1, -0.05) is 12.1 Å². The minimum Gasteiger partial charge on any atom is -0.497 e. The van der Waals surface area contributed by atoms with Crippen molar-refractivity contribution in [3.05, 3.63) is 75.8 Å². The minimum absolute atomic E-state index is 0.176. The molecule has 0 bridgehead atoms. The number of methoxy groups -OCH3 is 1. The number of hydrogen-bond donors (Lipinski definition) is 2. The zero-order chi connectivity index (χ0) is 23.1. The predicted octanol–water partition coefficient (Wildman–Crippen LogP) is 3.50. The highest BCUT2D eigenvalue weighted by Gasteiger charge is 2.14. The van der Waals surface area contributed by atoms with Crippen molar-refractivity contribution in [1.82, 2.24) is 20.1 Å². The Bertz CT molecular complexity index is 1120. The summed E-state index contributed by atoms with van der Waals surface area (Å²) in [6.07, 6.45) is 0.940. The number of aromatic amines is 1. The number of aromatic nitrogens is 1. The Kier molecular flexibility index (Phi) is 8.19. The summed E-state index contributed by atoms with van der Waals surface area (Å²) in [5, 5.41) is 4.76. The van der Waals surface area contributed by atoms with Crippen LogP contribution in [0.4, 0.5) is 4.39 Å². The van der Waals surface area contributed by atoms with Gasteiger partial charge in [-0.2, -0.15) is 0 Å². The molecule has 1 aromatic heterocycles. The van der Waals surface area contributed by atoms with E-state index in [4.69, 9.17) is 17.0 Å². The van der Waals surface area contributed by atoms with E-state index in [1.807, 2.05) is 37.2 Å². The topological polar surface area (TPSA) is 60.6 Å². The van der Waals surface area contributed by atoms with Crippen LogP contribution in [-0.2, 0) is 13.1 Å². The first-order valence-corrected chi connectivity index (χ1v) is 10.9. The van der Waals surface area contributed by atoms with Crippen LogP contribution in [0, 0.1) is 5.82 Å². The predicted molar refractivity (Wildman–Crippen MR) is 131 cm³/mol. The molecule has 170 valence electrons. The maximum atomic E-state index is 13.3. The monoisotopic (exact) mass is 456 g/mol. The second kappa shape index (κ2) is 11.1. The molecule has 0 fully saturated rings. The standard InChI is InChI=1S/C24H29FN4O2S/c1-28(2)12-4-11-26-24(32)29(15-17-5-8-20(25)9-6-17)16-19-13-18-7-10-21(31-3)14-22(18)27-23(19)30/h5-10,13-14H,4,11-12,15-16H2,1-3H3,(H,26,32)(H,27,30). The summed E-state index contributed by atoms with van der Waals surface area (Å²) in [6, 6.07) is 13.8. The van der Waals surface area contributed by atoms with E-state index >= 15 is 0 Å². The van der Waals surface area contributed by atoms with Gasteiger partial charge < -0.3 is 24.8 Å². The fourth-order valence-corrected chi connectivity index (χ4v) is 3.62. The second-order valence-corrected chi connectivity index (χ2v) is 8.33. The van der Waals surface area contributed by atoms with Gasteiger partial charge >= 0.3 is 0 Å². The first kappa shape index (κ1) is 23.7. The number of nitrogens with one attached hydrogen (secondary N) is 2. The Morgan fingerprint density at radius 1 is 1.12 bits per heavy atom.